The van der Waals surface area contributed by atoms with Gasteiger partial charge in [-0.05, 0) is 0 Å². The Morgan fingerprint density at radius 3 is 3.20 bits per heavy atom. The summed E-state index contributed by atoms with van der Waals surface area (Å²) in [5, 5.41) is 20.6. The number of aromatic nitrogens is 2. The molecule has 0 saturated heterocycles. The fourth-order valence-corrected chi connectivity index (χ4v) is 0.678. The minimum atomic E-state index is -0.00972. The van der Waals surface area contributed by atoms with Crippen LogP contribution in [0.2, 0.25) is 0 Å². The summed E-state index contributed by atoms with van der Waals surface area (Å²) < 4.78 is 1.40. The normalized spacial score (nSPS) is 9.20. The van der Waals surface area contributed by atoms with Crippen molar-refractivity contribution in [2.45, 2.75) is 6.54 Å². The van der Waals surface area contributed by atoms with Gasteiger partial charge in [0.1, 0.15) is 6.54 Å². The number of hydrogen-bond acceptors (Lipinski definition) is 3. The lowest BCUT2D eigenvalue weighted by molar-refractivity contribution is 0.270. The zero-order valence-corrected chi connectivity index (χ0v) is 5.30. The molecule has 0 aliphatic carbocycles. The number of hydrogen-bond donors (Lipinski definition) is 1. The van der Waals surface area contributed by atoms with Crippen molar-refractivity contribution in [2.24, 2.45) is 0 Å². The summed E-state index contributed by atoms with van der Waals surface area (Å²) in [6.45, 7) is 0.344. The van der Waals surface area contributed by atoms with E-state index in [-0.39, 0.29) is 6.61 Å². The van der Waals surface area contributed by atoms with E-state index in [0.717, 1.165) is 0 Å². The van der Waals surface area contributed by atoms with Gasteiger partial charge >= 0.3 is 5.82 Å². The van der Waals surface area contributed by atoms with Gasteiger partial charge in [-0.2, -0.15) is 0 Å². The molecule has 1 N–H and O–H groups in total. The zero-order chi connectivity index (χ0) is 7.40. The summed E-state index contributed by atoms with van der Waals surface area (Å²) in [6.07, 6.45) is 1.50. The van der Waals surface area contributed by atoms with Gasteiger partial charge in [0.05, 0.1) is 24.3 Å². The standard InChI is InChI=1S/C5H7N4O/c6-8-5-1-2-7-9(5)3-4-10/h1-2,10H,3-4H2/q+1. The molecule has 10 heavy (non-hydrogen) atoms. The Morgan fingerprint density at radius 1 is 1.80 bits per heavy atom. The average molecular weight is 139 g/mol. The van der Waals surface area contributed by atoms with Crippen LogP contribution in [-0.2, 0) is 6.54 Å². The summed E-state index contributed by atoms with van der Waals surface area (Å²) in [5.41, 5.74) is 0. The second-order valence-electron chi connectivity index (χ2n) is 1.74. The predicted molar refractivity (Wildman–Crippen MR) is 34.1 cm³/mol. The Hall–Kier alpha value is -1.41. The van der Waals surface area contributed by atoms with Crippen LogP contribution in [0.3, 0.4) is 0 Å². The van der Waals surface area contributed by atoms with Crippen molar-refractivity contribution in [1.82, 2.24) is 9.78 Å². The van der Waals surface area contributed by atoms with Crippen LogP contribution in [0.1, 0.15) is 0 Å². The summed E-state index contributed by atoms with van der Waals surface area (Å²) >= 11 is 0. The number of aliphatic hydroxyl groups excluding tert-OH is 1. The lowest BCUT2D eigenvalue weighted by Crippen LogP contribution is -2.02. The van der Waals surface area contributed by atoms with Crippen LogP contribution in [0.5, 0.6) is 0 Å². The highest BCUT2D eigenvalue weighted by Gasteiger charge is 2.10. The molecule has 0 unspecified atom stereocenters. The quantitative estimate of drug-likeness (QED) is 0.601. The van der Waals surface area contributed by atoms with Crippen molar-refractivity contribution in [3.8, 4) is 0 Å². The molecule has 0 spiro atoms. The molecule has 1 aromatic heterocycles. The van der Waals surface area contributed by atoms with Crippen LogP contribution in [0, 0.1) is 5.39 Å². The molecule has 1 rings (SSSR count). The monoisotopic (exact) mass is 139 g/mol. The molecule has 1 aromatic rings. The van der Waals surface area contributed by atoms with Crippen LogP contribution in [0.25, 0.3) is 4.98 Å². The first kappa shape index (κ1) is 6.71. The van der Waals surface area contributed by atoms with E-state index < -0.39 is 0 Å². The third kappa shape index (κ3) is 1.11. The number of diazo groups is 1. The van der Waals surface area contributed by atoms with Gasteiger partial charge < -0.3 is 5.11 Å². The molecule has 0 radical (unpaired) electrons. The van der Waals surface area contributed by atoms with Crippen molar-refractivity contribution in [3.05, 3.63) is 17.2 Å². The van der Waals surface area contributed by atoms with Crippen LogP contribution in [0.4, 0.5) is 5.82 Å². The molecular formula is C5H7N4O+. The van der Waals surface area contributed by atoms with E-state index >= 15 is 0 Å². The highest BCUT2D eigenvalue weighted by Crippen LogP contribution is 2.08. The summed E-state index contributed by atoms with van der Waals surface area (Å²) in [6, 6.07) is 1.55. The Kier molecular flexibility index (Phi) is 1.97. The molecule has 52 valence electrons. The van der Waals surface area contributed by atoms with E-state index in [1.165, 1.54) is 10.9 Å². The number of nitrogens with zero attached hydrogens (tertiary/aromatic N) is 4. The number of rotatable bonds is 2. The van der Waals surface area contributed by atoms with Gasteiger partial charge in [-0.25, -0.2) is 0 Å². The molecule has 0 aromatic carbocycles. The molecule has 0 fully saturated rings. The summed E-state index contributed by atoms with van der Waals surface area (Å²) in [5.74, 6) is 0.356. The van der Waals surface area contributed by atoms with Crippen molar-refractivity contribution in [2.75, 3.05) is 6.61 Å². The number of aliphatic hydroxyl groups is 1. The van der Waals surface area contributed by atoms with E-state index in [1.807, 2.05) is 0 Å². The third-order valence-corrected chi connectivity index (χ3v) is 1.11. The predicted octanol–water partition coefficient (Wildman–Crippen LogP) is 0.360. The second-order valence-corrected chi connectivity index (χ2v) is 1.74. The molecule has 0 aliphatic heterocycles. The fourth-order valence-electron chi connectivity index (χ4n) is 0.678. The summed E-state index contributed by atoms with van der Waals surface area (Å²) in [7, 11) is 0. The van der Waals surface area contributed by atoms with Gasteiger partial charge in [0, 0.05) is 4.98 Å². The Morgan fingerprint density at radius 2 is 2.60 bits per heavy atom. The molecule has 1 heterocycles. The lowest BCUT2D eigenvalue weighted by atomic mass is 10.6. The molecule has 0 aliphatic rings. The first-order valence-corrected chi connectivity index (χ1v) is 2.86. The Bertz CT molecular complexity index is 248. The molecule has 0 bridgehead atoms. The Balaban J connectivity index is 2.82. The van der Waals surface area contributed by atoms with Crippen molar-refractivity contribution >= 4 is 5.82 Å². The summed E-state index contributed by atoms with van der Waals surface area (Å²) in [4.78, 5) is 2.94. The van der Waals surface area contributed by atoms with Crippen LogP contribution < -0.4 is 0 Å². The third-order valence-electron chi connectivity index (χ3n) is 1.11. The molecule has 0 atom stereocenters. The Labute approximate surface area is 57.5 Å². The zero-order valence-electron chi connectivity index (χ0n) is 5.30. The van der Waals surface area contributed by atoms with Gasteiger partial charge in [-0.1, -0.05) is 5.10 Å². The average Bonchev–Trinajstić information content (AvgIpc) is 2.36. The van der Waals surface area contributed by atoms with E-state index in [4.69, 9.17) is 10.5 Å². The van der Waals surface area contributed by atoms with Crippen LogP contribution in [0.15, 0.2) is 12.3 Å². The first-order chi connectivity index (χ1) is 4.88. The van der Waals surface area contributed by atoms with Gasteiger partial charge in [0.25, 0.3) is 0 Å². The van der Waals surface area contributed by atoms with Crippen molar-refractivity contribution < 1.29 is 5.11 Å². The largest absolute Gasteiger partial charge is 0.446 e. The molecule has 5 heteroatoms. The highest BCUT2D eigenvalue weighted by atomic mass is 16.3. The van der Waals surface area contributed by atoms with Gasteiger partial charge in [0.2, 0.25) is 0 Å². The fraction of sp³-hybridized carbons (Fsp3) is 0.400. The van der Waals surface area contributed by atoms with Gasteiger partial charge in [0.15, 0.2) is 0 Å². The smallest absolute Gasteiger partial charge is 0.392 e. The maximum atomic E-state index is 8.47. The maximum Gasteiger partial charge on any atom is 0.446 e. The lowest BCUT2D eigenvalue weighted by Gasteiger charge is -1.85. The van der Waals surface area contributed by atoms with E-state index in [1.54, 1.807) is 6.07 Å². The van der Waals surface area contributed by atoms with Gasteiger partial charge in [-0.3, -0.25) is 0 Å². The minimum absolute atomic E-state index is 0.00972. The van der Waals surface area contributed by atoms with Crippen molar-refractivity contribution in [1.29, 1.82) is 5.39 Å². The van der Waals surface area contributed by atoms with Crippen molar-refractivity contribution in [3.63, 3.8) is 0 Å². The van der Waals surface area contributed by atoms with Crippen LogP contribution in [-0.4, -0.2) is 21.5 Å². The first-order valence-electron chi connectivity index (χ1n) is 2.86. The van der Waals surface area contributed by atoms with E-state index in [9.17, 15) is 0 Å². The van der Waals surface area contributed by atoms with E-state index in [2.05, 4.69) is 10.1 Å². The van der Waals surface area contributed by atoms with Crippen LogP contribution >= 0.6 is 0 Å². The molecule has 5 nitrogen and oxygen atoms in total. The second kappa shape index (κ2) is 2.94. The molecule has 0 saturated carbocycles. The topological polar surface area (TPSA) is 66.2 Å². The minimum Gasteiger partial charge on any atom is -0.392 e. The highest BCUT2D eigenvalue weighted by molar-refractivity contribution is 5.33. The molecule has 0 amide bonds. The molecular weight excluding hydrogens is 132 g/mol. The maximum absolute atomic E-state index is 8.47. The SMILES string of the molecule is N#[N+]c1ccnn1CCO. The van der Waals surface area contributed by atoms with E-state index in [0.29, 0.717) is 12.4 Å². The van der Waals surface area contributed by atoms with Gasteiger partial charge in [-0.15, -0.1) is 4.68 Å².